The molecular weight excluding hydrogens is 329 g/mol. The van der Waals surface area contributed by atoms with E-state index in [1.165, 1.54) is 5.57 Å². The quantitative estimate of drug-likeness (QED) is 0.669. The summed E-state index contributed by atoms with van der Waals surface area (Å²) in [6, 6.07) is 3.63. The molecule has 0 spiro atoms. The molecular formula is C20H27FN5+. The summed E-state index contributed by atoms with van der Waals surface area (Å²) in [4.78, 5) is 14.5. The number of hydrogen-bond donors (Lipinski definition) is 0. The van der Waals surface area contributed by atoms with Crippen molar-refractivity contribution in [1.82, 2.24) is 14.3 Å². The Balaban J connectivity index is 1.90. The van der Waals surface area contributed by atoms with Crippen LogP contribution in [-0.4, -0.2) is 67.8 Å². The highest BCUT2D eigenvalue weighted by Crippen LogP contribution is 2.42. The maximum atomic E-state index is 14.3. The molecule has 1 fully saturated rings. The van der Waals surface area contributed by atoms with E-state index in [0.29, 0.717) is 15.7 Å². The van der Waals surface area contributed by atoms with Crippen LogP contribution in [0.3, 0.4) is 0 Å². The fourth-order valence-electron chi connectivity index (χ4n) is 3.94. The summed E-state index contributed by atoms with van der Waals surface area (Å²) in [5, 5.41) is 0. The normalized spacial score (nSPS) is 28.8. The first-order chi connectivity index (χ1) is 12.3. The lowest BCUT2D eigenvalue weighted by Gasteiger charge is -2.42. The van der Waals surface area contributed by atoms with Crippen LogP contribution >= 0.6 is 0 Å². The molecule has 3 heterocycles. The average molecular weight is 356 g/mol. The molecule has 5 nitrogen and oxygen atoms in total. The van der Waals surface area contributed by atoms with Gasteiger partial charge in [-0.3, -0.25) is 0 Å². The van der Waals surface area contributed by atoms with Gasteiger partial charge in [0, 0.05) is 43.9 Å². The summed E-state index contributed by atoms with van der Waals surface area (Å²) in [5.74, 6) is 1.65. The van der Waals surface area contributed by atoms with E-state index in [-0.39, 0.29) is 11.9 Å². The van der Waals surface area contributed by atoms with E-state index in [1.807, 2.05) is 6.07 Å². The van der Waals surface area contributed by atoms with Crippen LogP contribution in [0, 0.1) is 12.7 Å². The topological polar surface area (TPSA) is 31.2 Å². The number of rotatable bonds is 0. The number of nitrogens with zero attached hydrogens (tertiary/aromatic N) is 5. The zero-order chi connectivity index (χ0) is 18.6. The van der Waals surface area contributed by atoms with Crippen molar-refractivity contribution < 1.29 is 4.39 Å². The summed E-state index contributed by atoms with van der Waals surface area (Å²) in [6.45, 7) is 9.86. The predicted molar refractivity (Wildman–Crippen MR) is 106 cm³/mol. The molecule has 0 amide bonds. The lowest BCUT2D eigenvalue weighted by molar-refractivity contribution is 0.216. The zero-order valence-electron chi connectivity index (χ0n) is 16.3. The van der Waals surface area contributed by atoms with Gasteiger partial charge in [0.25, 0.3) is 5.84 Å². The van der Waals surface area contributed by atoms with E-state index in [9.17, 15) is 4.39 Å². The van der Waals surface area contributed by atoms with E-state index >= 15 is 0 Å². The monoisotopic (exact) mass is 356 g/mol. The predicted octanol–water partition coefficient (Wildman–Crippen LogP) is 3.07. The van der Waals surface area contributed by atoms with Crippen molar-refractivity contribution >= 4 is 23.0 Å². The smallest absolute Gasteiger partial charge is 0.276 e. The largest absolute Gasteiger partial charge is 0.348 e. The first kappa shape index (κ1) is 17.4. The van der Waals surface area contributed by atoms with Crippen LogP contribution in [0.5, 0.6) is 0 Å². The van der Waals surface area contributed by atoms with Crippen LogP contribution in [0.1, 0.15) is 19.4 Å². The minimum Gasteiger partial charge on any atom is -0.348 e. The molecule has 0 N–H and O–H groups in total. The average Bonchev–Trinajstić information content (AvgIpc) is 2.59. The second-order valence-electron chi connectivity index (χ2n) is 7.89. The van der Waals surface area contributed by atoms with Crippen LogP contribution in [0.15, 0.2) is 33.9 Å². The van der Waals surface area contributed by atoms with E-state index in [0.717, 1.165) is 43.5 Å². The van der Waals surface area contributed by atoms with Gasteiger partial charge in [-0.05, 0) is 33.4 Å². The molecule has 3 aliphatic heterocycles. The minimum atomic E-state index is -0.205. The maximum absolute atomic E-state index is 14.3. The number of amidine groups is 2. The molecule has 26 heavy (non-hydrogen) atoms. The van der Waals surface area contributed by atoms with Crippen LogP contribution < -0.4 is 4.48 Å². The molecule has 0 radical (unpaired) electrons. The van der Waals surface area contributed by atoms with E-state index < -0.39 is 0 Å². The van der Waals surface area contributed by atoms with Gasteiger partial charge < -0.3 is 9.80 Å². The van der Waals surface area contributed by atoms with E-state index in [4.69, 9.17) is 9.98 Å². The fraction of sp³-hybridized carbons (Fsp3) is 0.500. The number of quaternary nitrogens is 1. The Kier molecular flexibility index (Phi) is 4.00. The number of hydrogen-bond acceptors (Lipinski definition) is 4. The molecule has 1 aromatic rings. The van der Waals surface area contributed by atoms with Gasteiger partial charge in [0.05, 0.1) is 13.1 Å². The zero-order valence-corrected chi connectivity index (χ0v) is 16.3. The Labute approximate surface area is 154 Å². The Bertz CT molecular complexity index is 848. The summed E-state index contributed by atoms with van der Waals surface area (Å²) >= 11 is 0. The molecule has 4 rings (SSSR count). The Morgan fingerprint density at radius 2 is 1.85 bits per heavy atom. The van der Waals surface area contributed by atoms with Crippen molar-refractivity contribution in [3.8, 4) is 0 Å². The van der Waals surface area contributed by atoms with Gasteiger partial charge in [0.1, 0.15) is 17.7 Å². The number of halogens is 1. The second-order valence-corrected chi connectivity index (χ2v) is 7.89. The van der Waals surface area contributed by atoms with Gasteiger partial charge in [0.15, 0.2) is 5.69 Å². The number of fused-ring (bicyclic) bond motifs is 3. The molecule has 1 aromatic carbocycles. The van der Waals surface area contributed by atoms with Gasteiger partial charge in [-0.2, -0.15) is 0 Å². The van der Waals surface area contributed by atoms with Gasteiger partial charge in [0.2, 0.25) is 5.84 Å². The number of aliphatic imine (C=N–C) groups is 2. The molecule has 3 aliphatic rings. The standard InChI is InChI=1S/C20H27FN5/c1-13-10-18-17(11-16(13)21)23-19(25-8-6-24(4)7-9-25)20-22-15(3)14(2)12-26(18,20)5/h10-12,15H,6-9H2,1-5H3/q+1. The van der Waals surface area contributed by atoms with Crippen molar-refractivity contribution in [3.05, 3.63) is 35.3 Å². The molecule has 2 atom stereocenters. The lowest BCUT2D eigenvalue weighted by Crippen LogP contribution is -2.60. The SMILES string of the molecule is CC1=C[N+]2(C)C(=NC1C)C(N1CCN(C)CC1)=Nc1cc(F)c(C)cc12. The second kappa shape index (κ2) is 5.99. The van der Waals surface area contributed by atoms with Crippen LogP contribution in [0.4, 0.5) is 15.8 Å². The highest BCUT2D eigenvalue weighted by molar-refractivity contribution is 6.45. The molecule has 1 saturated heterocycles. The van der Waals surface area contributed by atoms with Crippen LogP contribution in [-0.2, 0) is 0 Å². The van der Waals surface area contributed by atoms with Crippen molar-refractivity contribution in [2.45, 2.75) is 26.8 Å². The summed E-state index contributed by atoms with van der Waals surface area (Å²) in [5.41, 5.74) is 3.57. The van der Waals surface area contributed by atoms with Crippen molar-refractivity contribution in [3.63, 3.8) is 0 Å². The third-order valence-corrected chi connectivity index (χ3v) is 5.86. The fourth-order valence-corrected chi connectivity index (χ4v) is 3.94. The van der Waals surface area contributed by atoms with Gasteiger partial charge in [-0.25, -0.2) is 18.9 Å². The maximum Gasteiger partial charge on any atom is 0.276 e. The van der Waals surface area contributed by atoms with E-state index in [1.54, 1.807) is 13.0 Å². The summed E-state index contributed by atoms with van der Waals surface area (Å²) in [7, 11) is 4.27. The first-order valence-electron chi connectivity index (χ1n) is 9.27. The number of piperazine rings is 1. The lowest BCUT2D eigenvalue weighted by atomic mass is 10.0. The number of aryl methyl sites for hydroxylation is 1. The molecule has 6 heteroatoms. The van der Waals surface area contributed by atoms with Crippen molar-refractivity contribution in [2.24, 2.45) is 9.98 Å². The van der Waals surface area contributed by atoms with Crippen LogP contribution in [0.2, 0.25) is 0 Å². The van der Waals surface area contributed by atoms with Gasteiger partial charge in [-0.15, -0.1) is 0 Å². The summed E-state index contributed by atoms with van der Waals surface area (Å²) < 4.78 is 14.7. The highest BCUT2D eigenvalue weighted by atomic mass is 19.1. The Hall–Kier alpha value is -2.05. The van der Waals surface area contributed by atoms with Crippen molar-refractivity contribution in [2.75, 3.05) is 40.3 Å². The number of benzene rings is 1. The van der Waals surface area contributed by atoms with Gasteiger partial charge in [-0.1, -0.05) is 0 Å². The summed E-state index contributed by atoms with van der Waals surface area (Å²) in [6.07, 6.45) is 2.24. The van der Waals surface area contributed by atoms with Crippen molar-refractivity contribution in [1.29, 1.82) is 0 Å². The molecule has 0 bridgehead atoms. The Morgan fingerprint density at radius 3 is 2.54 bits per heavy atom. The molecule has 2 unspecified atom stereocenters. The first-order valence-corrected chi connectivity index (χ1v) is 9.27. The molecule has 0 aromatic heterocycles. The van der Waals surface area contributed by atoms with E-state index in [2.05, 4.69) is 43.9 Å². The third kappa shape index (κ3) is 2.59. The van der Waals surface area contributed by atoms with Gasteiger partial charge >= 0.3 is 0 Å². The minimum absolute atomic E-state index is 0.136. The Morgan fingerprint density at radius 1 is 1.15 bits per heavy atom. The molecule has 0 aliphatic carbocycles. The third-order valence-electron chi connectivity index (χ3n) is 5.86. The highest BCUT2D eigenvalue weighted by Gasteiger charge is 2.45. The van der Waals surface area contributed by atoms with Crippen LogP contribution in [0.25, 0.3) is 0 Å². The molecule has 0 saturated carbocycles. The molecule has 138 valence electrons. The number of likely N-dealkylation sites (N-methyl/N-ethyl adjacent to an activating group) is 2.